The number of hydrogen-bond acceptors (Lipinski definition) is 4. The molecule has 5 heteroatoms. The monoisotopic (exact) mass is 268 g/mol. The fraction of sp³-hybridized carbons (Fsp3) is 0.615. The normalized spacial score (nSPS) is 17.4. The molecule has 0 spiro atoms. The van der Waals surface area contributed by atoms with Gasteiger partial charge in [-0.15, -0.1) is 11.3 Å². The number of hydrazine groups is 1. The van der Waals surface area contributed by atoms with E-state index in [-0.39, 0.29) is 5.91 Å². The van der Waals surface area contributed by atoms with Gasteiger partial charge in [0.1, 0.15) is 0 Å². The molecule has 4 nitrogen and oxygen atoms in total. The summed E-state index contributed by atoms with van der Waals surface area (Å²) >= 11 is 1.44. The van der Waals surface area contributed by atoms with Crippen molar-refractivity contribution in [3.05, 3.63) is 21.9 Å². The van der Waals surface area contributed by atoms with Gasteiger partial charge in [-0.1, -0.05) is 25.7 Å². The number of rotatable bonds is 4. The van der Waals surface area contributed by atoms with E-state index in [0.717, 1.165) is 4.88 Å². The molecule has 0 unspecified atom stereocenters. The molecule has 1 heterocycles. The predicted octanol–water partition coefficient (Wildman–Crippen LogP) is 2.59. The van der Waals surface area contributed by atoms with E-state index in [9.17, 15) is 4.79 Å². The van der Waals surface area contributed by atoms with Crippen LogP contribution in [0.2, 0.25) is 0 Å². The number of nitrogen functional groups attached to an aromatic ring is 1. The zero-order valence-electron chi connectivity index (χ0n) is 10.5. The van der Waals surface area contributed by atoms with Crippen molar-refractivity contribution in [3.8, 4) is 0 Å². The molecule has 0 radical (unpaired) electrons. The van der Waals surface area contributed by atoms with Crippen LogP contribution in [0.15, 0.2) is 12.1 Å². The minimum atomic E-state index is -0.235. The fourth-order valence-corrected chi connectivity index (χ4v) is 3.09. The summed E-state index contributed by atoms with van der Waals surface area (Å²) in [5.41, 5.74) is 2.14. The molecule has 0 aliphatic heterocycles. The molecule has 0 aromatic carbocycles. The molecule has 2 rings (SSSR count). The Bertz CT molecular complexity index is 384. The molecule has 18 heavy (non-hydrogen) atoms. The first kappa shape index (κ1) is 13.5. The van der Waals surface area contributed by atoms with Gasteiger partial charge in [-0.2, -0.15) is 0 Å². The highest BCUT2D eigenvalue weighted by molar-refractivity contribution is 7.14. The van der Waals surface area contributed by atoms with Crippen molar-refractivity contribution >= 4 is 17.2 Å². The third-order valence-corrected chi connectivity index (χ3v) is 4.34. The average molecular weight is 268 g/mol. The first-order valence-electron chi connectivity index (χ1n) is 6.51. The minimum absolute atomic E-state index is 0.235. The summed E-state index contributed by atoms with van der Waals surface area (Å²) in [6.07, 6.45) is 7.94. The maximum Gasteiger partial charge on any atom is 0.275 e. The highest BCUT2D eigenvalue weighted by Gasteiger charge is 2.13. The molecule has 1 aliphatic rings. The Morgan fingerprint density at radius 2 is 2.06 bits per heavy atom. The van der Waals surface area contributed by atoms with E-state index in [1.165, 1.54) is 49.9 Å². The standard InChI is InChI=1S/C13H20N2O2S/c14-15-13(16)12-8-7-11(18-12)9-17-10-5-3-1-2-4-6-10/h7-8,10H,1-6,9,14H2,(H,15,16). The Hall–Kier alpha value is -0.910. The minimum Gasteiger partial charge on any atom is -0.373 e. The fourth-order valence-electron chi connectivity index (χ4n) is 2.26. The average Bonchev–Trinajstić information content (AvgIpc) is 2.71. The zero-order valence-corrected chi connectivity index (χ0v) is 11.3. The van der Waals surface area contributed by atoms with Gasteiger partial charge in [0, 0.05) is 4.88 Å². The van der Waals surface area contributed by atoms with Crippen molar-refractivity contribution in [1.82, 2.24) is 5.43 Å². The summed E-state index contributed by atoms with van der Waals surface area (Å²) in [4.78, 5) is 13.0. The van der Waals surface area contributed by atoms with Crippen LogP contribution in [-0.2, 0) is 11.3 Å². The second-order valence-corrected chi connectivity index (χ2v) is 5.83. The van der Waals surface area contributed by atoms with E-state index in [2.05, 4.69) is 5.43 Å². The number of amides is 1. The van der Waals surface area contributed by atoms with E-state index >= 15 is 0 Å². The Balaban J connectivity index is 1.82. The highest BCUT2D eigenvalue weighted by atomic mass is 32.1. The molecule has 1 amide bonds. The van der Waals surface area contributed by atoms with Gasteiger partial charge < -0.3 is 4.74 Å². The van der Waals surface area contributed by atoms with Crippen LogP contribution in [0.1, 0.15) is 53.1 Å². The third-order valence-electron chi connectivity index (χ3n) is 3.28. The van der Waals surface area contributed by atoms with Crippen molar-refractivity contribution in [2.45, 2.75) is 51.2 Å². The molecular weight excluding hydrogens is 248 g/mol. The maximum atomic E-state index is 11.3. The van der Waals surface area contributed by atoms with Gasteiger partial charge in [0.2, 0.25) is 0 Å². The van der Waals surface area contributed by atoms with Crippen molar-refractivity contribution in [2.75, 3.05) is 0 Å². The zero-order chi connectivity index (χ0) is 12.8. The van der Waals surface area contributed by atoms with Crippen LogP contribution in [0, 0.1) is 0 Å². The maximum absolute atomic E-state index is 11.3. The molecule has 0 saturated heterocycles. The molecule has 0 bridgehead atoms. The largest absolute Gasteiger partial charge is 0.373 e. The first-order chi connectivity index (χ1) is 8.79. The third kappa shape index (κ3) is 3.80. The van der Waals surface area contributed by atoms with Gasteiger partial charge >= 0.3 is 0 Å². The molecule has 3 N–H and O–H groups in total. The molecule has 1 saturated carbocycles. The van der Waals surface area contributed by atoms with Crippen LogP contribution < -0.4 is 11.3 Å². The molecule has 1 aromatic rings. The van der Waals surface area contributed by atoms with Crippen molar-refractivity contribution in [2.24, 2.45) is 5.84 Å². The van der Waals surface area contributed by atoms with Gasteiger partial charge in [-0.05, 0) is 25.0 Å². The summed E-state index contributed by atoms with van der Waals surface area (Å²) in [7, 11) is 0. The topological polar surface area (TPSA) is 64.3 Å². The van der Waals surface area contributed by atoms with Crippen molar-refractivity contribution in [3.63, 3.8) is 0 Å². The SMILES string of the molecule is NNC(=O)c1ccc(COC2CCCCCC2)s1. The lowest BCUT2D eigenvalue weighted by molar-refractivity contribution is 0.0324. The van der Waals surface area contributed by atoms with Gasteiger partial charge in [0.25, 0.3) is 5.91 Å². The quantitative estimate of drug-likeness (QED) is 0.382. The van der Waals surface area contributed by atoms with Crippen molar-refractivity contribution < 1.29 is 9.53 Å². The number of carbonyl (C=O) groups is 1. The number of nitrogens with two attached hydrogens (primary N) is 1. The summed E-state index contributed by atoms with van der Waals surface area (Å²) in [6, 6.07) is 3.73. The molecule has 0 atom stereocenters. The van der Waals surface area contributed by atoms with Crippen LogP contribution in [-0.4, -0.2) is 12.0 Å². The van der Waals surface area contributed by atoms with Crippen LogP contribution in [0.4, 0.5) is 0 Å². The summed E-state index contributed by atoms with van der Waals surface area (Å²) < 4.78 is 5.92. The molecule has 1 fully saturated rings. The number of thiophene rings is 1. The lowest BCUT2D eigenvalue weighted by atomic mass is 10.1. The number of ether oxygens (including phenoxy) is 1. The van der Waals surface area contributed by atoms with Crippen molar-refractivity contribution in [1.29, 1.82) is 0 Å². The number of hydrogen-bond donors (Lipinski definition) is 2. The lowest BCUT2D eigenvalue weighted by Crippen LogP contribution is -2.29. The Morgan fingerprint density at radius 3 is 2.72 bits per heavy atom. The predicted molar refractivity (Wildman–Crippen MR) is 72.3 cm³/mol. The van der Waals surface area contributed by atoms with Crippen LogP contribution in [0.5, 0.6) is 0 Å². The Kier molecular flexibility index (Phi) is 5.16. The molecular formula is C13H20N2O2S. The summed E-state index contributed by atoms with van der Waals surface area (Å²) in [6.45, 7) is 0.604. The molecule has 100 valence electrons. The smallest absolute Gasteiger partial charge is 0.275 e. The molecule has 1 aliphatic carbocycles. The first-order valence-corrected chi connectivity index (χ1v) is 7.32. The number of nitrogens with one attached hydrogen (secondary N) is 1. The second-order valence-electron chi connectivity index (χ2n) is 4.66. The summed E-state index contributed by atoms with van der Waals surface area (Å²) in [5.74, 6) is 4.86. The van der Waals surface area contributed by atoms with Crippen LogP contribution in [0.3, 0.4) is 0 Å². The van der Waals surface area contributed by atoms with Crippen LogP contribution in [0.25, 0.3) is 0 Å². The van der Waals surface area contributed by atoms with E-state index in [4.69, 9.17) is 10.6 Å². The van der Waals surface area contributed by atoms with E-state index < -0.39 is 0 Å². The van der Waals surface area contributed by atoms with Gasteiger partial charge in [0.15, 0.2) is 0 Å². The van der Waals surface area contributed by atoms with E-state index in [1.807, 2.05) is 6.07 Å². The second kappa shape index (κ2) is 6.87. The Labute approximate surface area is 111 Å². The van der Waals surface area contributed by atoms with E-state index in [1.54, 1.807) is 6.07 Å². The highest BCUT2D eigenvalue weighted by Crippen LogP contribution is 2.23. The van der Waals surface area contributed by atoms with Crippen LogP contribution >= 0.6 is 11.3 Å². The van der Waals surface area contributed by atoms with Gasteiger partial charge in [-0.25, -0.2) is 5.84 Å². The molecule has 1 aromatic heterocycles. The van der Waals surface area contributed by atoms with Gasteiger partial charge in [-0.3, -0.25) is 10.2 Å². The lowest BCUT2D eigenvalue weighted by Gasteiger charge is -2.14. The van der Waals surface area contributed by atoms with E-state index in [0.29, 0.717) is 17.6 Å². The summed E-state index contributed by atoms with van der Waals surface area (Å²) in [5, 5.41) is 0. The van der Waals surface area contributed by atoms with Gasteiger partial charge in [0.05, 0.1) is 17.6 Å². The Morgan fingerprint density at radius 1 is 1.33 bits per heavy atom. The number of carbonyl (C=O) groups excluding carboxylic acids is 1.